The first-order valence-corrected chi connectivity index (χ1v) is 7.73. The minimum atomic E-state index is 0.675. The lowest BCUT2D eigenvalue weighted by atomic mass is 10.3. The fraction of sp³-hybridized carbons (Fsp3) is 0.357. The normalized spacial score (nSPS) is 14.3. The van der Waals surface area contributed by atoms with Gasteiger partial charge in [-0.05, 0) is 18.0 Å². The Hall–Kier alpha value is -2.15. The number of nitrogens with one attached hydrogen (secondary N) is 1. The summed E-state index contributed by atoms with van der Waals surface area (Å²) in [4.78, 5) is 8.96. The van der Waals surface area contributed by atoms with E-state index in [1.54, 1.807) is 0 Å². The molecular weight excluding hydrogens is 288 g/mol. The molecule has 21 heavy (non-hydrogen) atoms. The van der Waals surface area contributed by atoms with Crippen molar-refractivity contribution < 1.29 is 9.47 Å². The number of ether oxygens (including phenoxy) is 2. The van der Waals surface area contributed by atoms with Crippen LogP contribution in [0.2, 0.25) is 0 Å². The van der Waals surface area contributed by atoms with Crippen LogP contribution < -0.4 is 9.47 Å². The second kappa shape index (κ2) is 5.00. The number of imidazole rings is 1. The first kappa shape index (κ1) is 12.6. The molecule has 0 aliphatic carbocycles. The van der Waals surface area contributed by atoms with Crippen LogP contribution in [0.1, 0.15) is 19.0 Å². The van der Waals surface area contributed by atoms with Crippen molar-refractivity contribution >= 4 is 22.6 Å². The quantitative estimate of drug-likeness (QED) is 0.788. The van der Waals surface area contributed by atoms with Gasteiger partial charge in [0.25, 0.3) is 0 Å². The molecule has 6 nitrogen and oxygen atoms in total. The summed E-state index contributed by atoms with van der Waals surface area (Å²) >= 11 is 1.36. The summed E-state index contributed by atoms with van der Waals surface area (Å²) in [6, 6.07) is 3.88. The number of H-pyrrole nitrogens is 1. The highest BCUT2D eigenvalue weighted by atomic mass is 32.1. The number of aromatic nitrogens is 4. The first-order valence-electron chi connectivity index (χ1n) is 6.96. The summed E-state index contributed by atoms with van der Waals surface area (Å²) in [5, 5.41) is 4.13. The van der Waals surface area contributed by atoms with Gasteiger partial charge in [-0.1, -0.05) is 11.4 Å². The average molecular weight is 302 g/mol. The fourth-order valence-corrected chi connectivity index (χ4v) is 3.09. The molecule has 0 saturated carbocycles. The highest BCUT2D eigenvalue weighted by molar-refractivity contribution is 7.09. The number of hydrogen-bond donors (Lipinski definition) is 1. The number of hydrogen-bond acceptors (Lipinski definition) is 6. The van der Waals surface area contributed by atoms with Crippen molar-refractivity contribution in [2.45, 2.75) is 19.8 Å². The van der Waals surface area contributed by atoms with Gasteiger partial charge in [0.05, 0.1) is 29.9 Å². The Morgan fingerprint density at radius 3 is 2.86 bits per heavy atom. The molecule has 7 heteroatoms. The zero-order valence-corrected chi connectivity index (χ0v) is 12.4. The SMILES string of the molecule is CCc1nnsc1-c1nc2cc3c(cc2[nH]1)OCCCO3. The van der Waals surface area contributed by atoms with E-state index in [0.717, 1.165) is 51.8 Å². The Labute approximate surface area is 125 Å². The molecule has 2 aromatic heterocycles. The summed E-state index contributed by atoms with van der Waals surface area (Å²) in [6.45, 7) is 3.42. The molecule has 0 unspecified atom stereocenters. The number of nitrogens with zero attached hydrogens (tertiary/aromatic N) is 3. The van der Waals surface area contributed by atoms with E-state index in [0.29, 0.717) is 13.2 Å². The van der Waals surface area contributed by atoms with Crippen molar-refractivity contribution in [2.75, 3.05) is 13.2 Å². The third-order valence-corrected chi connectivity index (χ3v) is 4.23. The summed E-state index contributed by atoms with van der Waals surface area (Å²) in [7, 11) is 0. The van der Waals surface area contributed by atoms with Gasteiger partial charge >= 0.3 is 0 Å². The largest absolute Gasteiger partial charge is 0.489 e. The maximum atomic E-state index is 5.71. The molecule has 1 aliphatic heterocycles. The Morgan fingerprint density at radius 2 is 2.05 bits per heavy atom. The Morgan fingerprint density at radius 1 is 1.24 bits per heavy atom. The maximum absolute atomic E-state index is 5.71. The monoisotopic (exact) mass is 302 g/mol. The number of aromatic amines is 1. The van der Waals surface area contributed by atoms with Crippen LogP contribution in [-0.4, -0.2) is 32.8 Å². The van der Waals surface area contributed by atoms with E-state index in [9.17, 15) is 0 Å². The third kappa shape index (κ3) is 2.13. The zero-order valence-electron chi connectivity index (χ0n) is 11.5. The van der Waals surface area contributed by atoms with E-state index in [-0.39, 0.29) is 0 Å². The van der Waals surface area contributed by atoms with Crippen LogP contribution in [0.15, 0.2) is 12.1 Å². The first-order chi connectivity index (χ1) is 10.3. The summed E-state index contributed by atoms with van der Waals surface area (Å²) in [5.74, 6) is 2.33. The van der Waals surface area contributed by atoms with Gasteiger partial charge < -0.3 is 14.5 Å². The molecule has 0 fully saturated rings. The number of fused-ring (bicyclic) bond motifs is 2. The topological polar surface area (TPSA) is 72.9 Å². The predicted molar refractivity (Wildman–Crippen MR) is 80.0 cm³/mol. The number of benzene rings is 1. The Bertz CT molecular complexity index is 752. The second-order valence-electron chi connectivity index (χ2n) is 4.85. The van der Waals surface area contributed by atoms with Crippen LogP contribution in [0, 0.1) is 0 Å². The van der Waals surface area contributed by atoms with Gasteiger partial charge in [0, 0.05) is 18.6 Å². The summed E-state index contributed by atoms with van der Waals surface area (Å²) in [5.41, 5.74) is 2.77. The van der Waals surface area contributed by atoms with E-state index >= 15 is 0 Å². The molecule has 4 rings (SSSR count). The molecule has 0 atom stereocenters. The minimum Gasteiger partial charge on any atom is -0.489 e. The van der Waals surface area contributed by atoms with Crippen LogP contribution in [-0.2, 0) is 6.42 Å². The van der Waals surface area contributed by atoms with Gasteiger partial charge in [-0.15, -0.1) is 5.10 Å². The molecule has 0 bridgehead atoms. The van der Waals surface area contributed by atoms with E-state index in [1.165, 1.54) is 11.5 Å². The minimum absolute atomic E-state index is 0.675. The van der Waals surface area contributed by atoms with E-state index in [1.807, 2.05) is 12.1 Å². The molecule has 3 aromatic rings. The van der Waals surface area contributed by atoms with Gasteiger partial charge in [-0.2, -0.15) is 0 Å². The zero-order chi connectivity index (χ0) is 14.2. The molecule has 0 spiro atoms. The van der Waals surface area contributed by atoms with Gasteiger partial charge in [-0.3, -0.25) is 0 Å². The van der Waals surface area contributed by atoms with Crippen molar-refractivity contribution in [2.24, 2.45) is 0 Å². The molecule has 3 heterocycles. The Kier molecular flexibility index (Phi) is 2.99. The number of aryl methyl sites for hydroxylation is 1. The molecule has 1 N–H and O–H groups in total. The molecule has 0 saturated heterocycles. The van der Waals surface area contributed by atoms with Crippen molar-refractivity contribution in [3.8, 4) is 22.2 Å². The standard InChI is InChI=1S/C14H14N4O2S/c1-2-8-13(21-18-17-8)14-15-9-6-11-12(7-10(9)16-14)20-5-3-4-19-11/h6-7H,2-5H2,1H3,(H,15,16). The molecule has 1 aromatic carbocycles. The molecule has 0 amide bonds. The lowest BCUT2D eigenvalue weighted by Crippen LogP contribution is -1.97. The predicted octanol–water partition coefficient (Wildman–Crippen LogP) is 2.81. The van der Waals surface area contributed by atoms with Crippen LogP contribution in [0.3, 0.4) is 0 Å². The highest BCUT2D eigenvalue weighted by Gasteiger charge is 2.17. The Balaban J connectivity index is 1.83. The summed E-state index contributed by atoms with van der Waals surface area (Å²) in [6.07, 6.45) is 1.74. The lowest BCUT2D eigenvalue weighted by molar-refractivity contribution is 0.297. The number of rotatable bonds is 2. The van der Waals surface area contributed by atoms with E-state index in [4.69, 9.17) is 9.47 Å². The molecule has 108 valence electrons. The van der Waals surface area contributed by atoms with Crippen molar-refractivity contribution in [3.05, 3.63) is 17.8 Å². The van der Waals surface area contributed by atoms with Crippen molar-refractivity contribution in [3.63, 3.8) is 0 Å². The van der Waals surface area contributed by atoms with Gasteiger partial charge in [0.2, 0.25) is 0 Å². The smallest absolute Gasteiger partial charge is 0.163 e. The lowest BCUT2D eigenvalue weighted by Gasteiger charge is -2.05. The van der Waals surface area contributed by atoms with Gasteiger partial charge in [0.15, 0.2) is 17.3 Å². The van der Waals surface area contributed by atoms with Crippen LogP contribution >= 0.6 is 11.5 Å². The highest BCUT2D eigenvalue weighted by Crippen LogP contribution is 2.35. The molecule has 1 aliphatic rings. The fourth-order valence-electron chi connectivity index (χ4n) is 2.39. The maximum Gasteiger partial charge on any atom is 0.163 e. The van der Waals surface area contributed by atoms with Crippen molar-refractivity contribution in [1.29, 1.82) is 0 Å². The van der Waals surface area contributed by atoms with Crippen LogP contribution in [0.4, 0.5) is 0 Å². The van der Waals surface area contributed by atoms with E-state index in [2.05, 4.69) is 26.5 Å². The second-order valence-corrected chi connectivity index (χ2v) is 5.61. The van der Waals surface area contributed by atoms with Gasteiger partial charge in [0.1, 0.15) is 4.88 Å². The van der Waals surface area contributed by atoms with Crippen molar-refractivity contribution in [1.82, 2.24) is 19.6 Å². The van der Waals surface area contributed by atoms with E-state index < -0.39 is 0 Å². The van der Waals surface area contributed by atoms with Crippen LogP contribution in [0.25, 0.3) is 21.7 Å². The molecule has 0 radical (unpaired) electrons. The molecular formula is C14H14N4O2S. The third-order valence-electron chi connectivity index (χ3n) is 3.46. The average Bonchev–Trinajstić information content (AvgIpc) is 3.05. The van der Waals surface area contributed by atoms with Gasteiger partial charge in [-0.25, -0.2) is 4.98 Å². The van der Waals surface area contributed by atoms with Crippen LogP contribution in [0.5, 0.6) is 11.5 Å². The summed E-state index contributed by atoms with van der Waals surface area (Å²) < 4.78 is 15.4.